The molecule has 0 saturated heterocycles. The molecule has 13 heavy (non-hydrogen) atoms. The first-order valence-corrected chi connectivity index (χ1v) is 5.84. The second-order valence-corrected chi connectivity index (χ2v) is 4.67. The first-order chi connectivity index (χ1) is 6.27. The molecule has 1 heterocycles. The van der Waals surface area contributed by atoms with E-state index >= 15 is 0 Å². The Morgan fingerprint density at radius 2 is 2.15 bits per heavy atom. The molecule has 0 unspecified atom stereocenters. The zero-order valence-corrected chi connectivity index (χ0v) is 9.87. The van der Waals surface area contributed by atoms with Crippen molar-refractivity contribution in [2.45, 2.75) is 44.4 Å². The second kappa shape index (κ2) is 3.55. The van der Waals surface area contributed by atoms with E-state index in [1.165, 1.54) is 25.7 Å². The Balaban J connectivity index is 2.30. The van der Waals surface area contributed by atoms with Gasteiger partial charge in [0, 0.05) is 28.0 Å². The number of halogens is 1. The van der Waals surface area contributed by atoms with E-state index in [9.17, 15) is 0 Å². The summed E-state index contributed by atoms with van der Waals surface area (Å²) in [7, 11) is 0. The van der Waals surface area contributed by atoms with Gasteiger partial charge in [-0.25, -0.2) is 0 Å². The number of aromatic nitrogens is 2. The predicted octanol–water partition coefficient (Wildman–Crippen LogP) is 2.90. The van der Waals surface area contributed by atoms with Crippen LogP contribution in [0.25, 0.3) is 0 Å². The van der Waals surface area contributed by atoms with Crippen LogP contribution >= 0.6 is 22.6 Å². The lowest BCUT2D eigenvalue weighted by Crippen LogP contribution is -2.21. The Hall–Kier alpha value is -0.130. The molecule has 0 spiro atoms. The lowest BCUT2D eigenvalue weighted by molar-refractivity contribution is 0.272. The van der Waals surface area contributed by atoms with Gasteiger partial charge in [0.15, 0.2) is 0 Å². The highest BCUT2D eigenvalue weighted by Gasteiger charge is 2.38. The Morgan fingerprint density at radius 1 is 1.46 bits per heavy atom. The van der Waals surface area contributed by atoms with Crippen molar-refractivity contribution in [2.24, 2.45) is 0 Å². The molecule has 0 radical (unpaired) electrons. The molecule has 0 aliphatic heterocycles. The summed E-state index contributed by atoms with van der Waals surface area (Å²) in [5, 5.41) is 3.85. The van der Waals surface area contributed by atoms with Crippen molar-refractivity contribution >= 4 is 22.6 Å². The maximum Gasteiger partial charge on any atom is 0.233 e. The minimum Gasteiger partial charge on any atom is -0.338 e. The fourth-order valence-electron chi connectivity index (χ4n) is 2.19. The van der Waals surface area contributed by atoms with Crippen molar-refractivity contribution in [3.05, 3.63) is 9.72 Å². The minimum atomic E-state index is 0.205. The zero-order valence-electron chi connectivity index (χ0n) is 7.72. The molecule has 1 aromatic heterocycles. The van der Waals surface area contributed by atoms with Crippen molar-refractivity contribution in [1.29, 1.82) is 0 Å². The largest absolute Gasteiger partial charge is 0.338 e. The van der Waals surface area contributed by atoms with Crippen LogP contribution in [0.1, 0.15) is 44.9 Å². The Bertz CT molecular complexity index is 292. The van der Waals surface area contributed by atoms with Gasteiger partial charge in [0.05, 0.1) is 0 Å². The Kier molecular flexibility index (Phi) is 2.58. The summed E-state index contributed by atoms with van der Waals surface area (Å²) >= 11 is 2.09. The maximum atomic E-state index is 5.27. The van der Waals surface area contributed by atoms with Crippen LogP contribution in [-0.2, 0) is 5.41 Å². The summed E-state index contributed by atoms with van der Waals surface area (Å²) in [6, 6.07) is 0. The van der Waals surface area contributed by atoms with Crippen LogP contribution in [0.2, 0.25) is 0 Å². The fourth-order valence-corrected chi connectivity index (χ4v) is 2.51. The second-order valence-electron chi connectivity index (χ2n) is 3.71. The first-order valence-electron chi connectivity index (χ1n) is 4.76. The van der Waals surface area contributed by atoms with Crippen LogP contribution in [-0.4, -0.2) is 10.1 Å². The molecule has 1 fully saturated rings. The molecule has 1 aliphatic rings. The van der Waals surface area contributed by atoms with Crippen LogP contribution in [0.15, 0.2) is 4.52 Å². The van der Waals surface area contributed by atoms with Crippen molar-refractivity contribution < 1.29 is 4.52 Å². The van der Waals surface area contributed by atoms with E-state index < -0.39 is 0 Å². The maximum absolute atomic E-state index is 5.27. The van der Waals surface area contributed by atoms with Gasteiger partial charge in [-0.15, -0.1) is 0 Å². The molecule has 1 aromatic rings. The van der Waals surface area contributed by atoms with E-state index in [0.717, 1.165) is 16.1 Å². The van der Waals surface area contributed by atoms with E-state index in [1.807, 2.05) is 0 Å². The first kappa shape index (κ1) is 9.43. The molecule has 1 saturated carbocycles. The smallest absolute Gasteiger partial charge is 0.233 e. The Labute approximate surface area is 91.4 Å². The van der Waals surface area contributed by atoms with Crippen molar-refractivity contribution in [3.8, 4) is 0 Å². The molecule has 0 aromatic carbocycles. The fraction of sp³-hybridized carbons (Fsp3) is 0.778. The molecule has 72 valence electrons. The van der Waals surface area contributed by atoms with Crippen LogP contribution in [0.5, 0.6) is 0 Å². The van der Waals surface area contributed by atoms with Gasteiger partial charge < -0.3 is 4.52 Å². The standard InChI is InChI=1S/C9H13IN2O/c1-2-9(5-3-4-6-9)7-11-8(10)12-13-7/h2-6H2,1H3. The van der Waals surface area contributed by atoms with Gasteiger partial charge in [0.25, 0.3) is 0 Å². The van der Waals surface area contributed by atoms with E-state index in [1.54, 1.807) is 0 Å². The van der Waals surface area contributed by atoms with Gasteiger partial charge in [0.2, 0.25) is 9.72 Å². The number of hydrogen-bond donors (Lipinski definition) is 0. The van der Waals surface area contributed by atoms with Gasteiger partial charge in [-0.1, -0.05) is 24.9 Å². The Morgan fingerprint density at radius 3 is 2.62 bits per heavy atom. The summed E-state index contributed by atoms with van der Waals surface area (Å²) in [4.78, 5) is 4.34. The van der Waals surface area contributed by atoms with Gasteiger partial charge >= 0.3 is 0 Å². The third-order valence-corrected chi connectivity index (χ3v) is 3.53. The van der Waals surface area contributed by atoms with Crippen LogP contribution in [0.4, 0.5) is 0 Å². The number of nitrogens with zero attached hydrogens (tertiary/aromatic N) is 2. The highest BCUT2D eigenvalue weighted by atomic mass is 127. The molecule has 0 bridgehead atoms. The lowest BCUT2D eigenvalue weighted by atomic mass is 9.83. The zero-order chi connectivity index (χ0) is 9.31. The van der Waals surface area contributed by atoms with E-state index in [4.69, 9.17) is 4.52 Å². The van der Waals surface area contributed by atoms with Crippen LogP contribution in [0, 0.1) is 3.83 Å². The normalized spacial score (nSPS) is 20.8. The third kappa shape index (κ3) is 1.60. The van der Waals surface area contributed by atoms with Gasteiger partial charge in [-0.05, 0) is 19.3 Å². The third-order valence-electron chi connectivity index (χ3n) is 3.09. The molecule has 4 heteroatoms. The summed E-state index contributed by atoms with van der Waals surface area (Å²) in [6.45, 7) is 2.21. The highest BCUT2D eigenvalue weighted by Crippen LogP contribution is 2.42. The average Bonchev–Trinajstić information content (AvgIpc) is 2.73. The molecular weight excluding hydrogens is 279 g/mol. The van der Waals surface area contributed by atoms with Gasteiger partial charge in [0.1, 0.15) is 0 Å². The van der Waals surface area contributed by atoms with Crippen LogP contribution < -0.4 is 0 Å². The van der Waals surface area contributed by atoms with Gasteiger partial charge in [-0.3, -0.25) is 0 Å². The van der Waals surface area contributed by atoms with Crippen molar-refractivity contribution in [3.63, 3.8) is 0 Å². The molecule has 0 amide bonds. The summed E-state index contributed by atoms with van der Waals surface area (Å²) in [6.07, 6.45) is 6.13. The molecule has 2 rings (SSSR count). The number of hydrogen-bond acceptors (Lipinski definition) is 3. The molecule has 3 nitrogen and oxygen atoms in total. The van der Waals surface area contributed by atoms with E-state index in [-0.39, 0.29) is 5.41 Å². The quantitative estimate of drug-likeness (QED) is 0.787. The minimum absolute atomic E-state index is 0.205. The van der Waals surface area contributed by atoms with Gasteiger partial charge in [-0.2, -0.15) is 4.98 Å². The average molecular weight is 292 g/mol. The molecule has 1 aliphatic carbocycles. The lowest BCUT2D eigenvalue weighted by Gasteiger charge is -2.21. The van der Waals surface area contributed by atoms with Crippen molar-refractivity contribution in [2.75, 3.05) is 0 Å². The van der Waals surface area contributed by atoms with Crippen LogP contribution in [0.3, 0.4) is 0 Å². The summed E-state index contributed by atoms with van der Waals surface area (Å²) in [5.74, 6) is 0.858. The molecule has 0 N–H and O–H groups in total. The van der Waals surface area contributed by atoms with E-state index in [2.05, 4.69) is 39.7 Å². The molecular formula is C9H13IN2O. The summed E-state index contributed by atoms with van der Waals surface area (Å²) in [5.41, 5.74) is 0.205. The monoisotopic (exact) mass is 292 g/mol. The SMILES string of the molecule is CCC1(c2nc(I)no2)CCCC1. The summed E-state index contributed by atoms with van der Waals surface area (Å²) < 4.78 is 6.00. The van der Waals surface area contributed by atoms with Crippen molar-refractivity contribution in [1.82, 2.24) is 10.1 Å². The number of rotatable bonds is 2. The molecule has 0 atom stereocenters. The topological polar surface area (TPSA) is 38.9 Å². The predicted molar refractivity (Wildman–Crippen MR) is 57.5 cm³/mol. The van der Waals surface area contributed by atoms with E-state index in [0.29, 0.717) is 0 Å². The highest BCUT2D eigenvalue weighted by molar-refractivity contribution is 14.1.